The minimum Gasteiger partial charge on any atom is -0.478 e. The number of hydrogen-bond acceptors (Lipinski definition) is 3. The molecule has 0 radical (unpaired) electrons. The highest BCUT2D eigenvalue weighted by molar-refractivity contribution is 7.98. The van der Waals surface area contributed by atoms with Gasteiger partial charge in [-0.15, -0.1) is 0 Å². The van der Waals surface area contributed by atoms with Crippen molar-refractivity contribution in [3.8, 4) is 0 Å². The number of aromatic carboxylic acids is 1. The molecule has 0 saturated heterocycles. The third kappa shape index (κ3) is 3.83. The Morgan fingerprint density at radius 3 is 2.81 bits per heavy atom. The Morgan fingerprint density at radius 2 is 2.19 bits per heavy atom. The summed E-state index contributed by atoms with van der Waals surface area (Å²) in [6.45, 7) is 0.150. The first kappa shape index (κ1) is 13.0. The lowest BCUT2D eigenvalue weighted by Crippen LogP contribution is -2.01. The number of rotatable bonds is 6. The van der Waals surface area contributed by atoms with Crippen LogP contribution in [-0.2, 0) is 5.75 Å². The van der Waals surface area contributed by atoms with E-state index in [1.807, 2.05) is 0 Å². The molecule has 16 heavy (non-hydrogen) atoms. The van der Waals surface area contributed by atoms with E-state index in [4.69, 9.17) is 10.2 Å². The van der Waals surface area contributed by atoms with E-state index >= 15 is 0 Å². The van der Waals surface area contributed by atoms with Crippen LogP contribution in [-0.4, -0.2) is 28.5 Å². The molecule has 0 spiro atoms. The Bertz CT molecular complexity index is 368. The molecule has 1 rings (SSSR count). The first-order valence-corrected chi connectivity index (χ1v) is 6.01. The van der Waals surface area contributed by atoms with Crippen molar-refractivity contribution in [2.24, 2.45) is 0 Å². The molecule has 0 heterocycles. The van der Waals surface area contributed by atoms with Crippen LogP contribution in [0, 0.1) is 5.82 Å². The summed E-state index contributed by atoms with van der Waals surface area (Å²) in [6.07, 6.45) is 0.706. The van der Waals surface area contributed by atoms with Crippen molar-refractivity contribution in [1.29, 1.82) is 0 Å². The van der Waals surface area contributed by atoms with E-state index < -0.39 is 11.8 Å². The van der Waals surface area contributed by atoms with Gasteiger partial charge in [0.25, 0.3) is 0 Å². The highest BCUT2D eigenvalue weighted by Crippen LogP contribution is 2.16. The Balaban J connectivity index is 2.61. The van der Waals surface area contributed by atoms with Crippen LogP contribution >= 0.6 is 11.8 Å². The van der Waals surface area contributed by atoms with Crippen LogP contribution in [0.4, 0.5) is 4.39 Å². The molecule has 0 aliphatic heterocycles. The molecule has 0 aliphatic rings. The average Bonchev–Trinajstić information content (AvgIpc) is 2.26. The summed E-state index contributed by atoms with van der Waals surface area (Å²) in [4.78, 5) is 10.7. The molecular weight excluding hydrogens is 231 g/mol. The number of carboxylic acid groups (broad SMARTS) is 1. The standard InChI is InChI=1S/C11H13FO3S/c12-10-3-2-8(6-9(10)11(14)15)7-16-5-1-4-13/h2-3,6,13H,1,4-5,7H2,(H,14,15). The first-order valence-electron chi connectivity index (χ1n) is 4.85. The molecule has 0 fully saturated rings. The summed E-state index contributed by atoms with van der Waals surface area (Å²) in [7, 11) is 0. The minimum atomic E-state index is -1.25. The fourth-order valence-corrected chi connectivity index (χ4v) is 2.08. The number of halogens is 1. The number of benzene rings is 1. The lowest BCUT2D eigenvalue weighted by atomic mass is 10.1. The van der Waals surface area contributed by atoms with Gasteiger partial charge in [-0.25, -0.2) is 9.18 Å². The summed E-state index contributed by atoms with van der Waals surface area (Å²) in [5, 5.41) is 17.3. The fourth-order valence-electron chi connectivity index (χ4n) is 1.18. The third-order valence-corrected chi connectivity index (χ3v) is 3.09. The van der Waals surface area contributed by atoms with Gasteiger partial charge in [-0.2, -0.15) is 11.8 Å². The Labute approximate surface area is 97.3 Å². The lowest BCUT2D eigenvalue weighted by molar-refractivity contribution is 0.0692. The summed E-state index contributed by atoms with van der Waals surface area (Å²) >= 11 is 1.58. The van der Waals surface area contributed by atoms with Gasteiger partial charge in [0.15, 0.2) is 0 Å². The van der Waals surface area contributed by atoms with Gasteiger partial charge < -0.3 is 10.2 Å². The van der Waals surface area contributed by atoms with E-state index in [1.165, 1.54) is 12.1 Å². The Hall–Kier alpha value is -1.07. The normalized spacial score (nSPS) is 10.4. The smallest absolute Gasteiger partial charge is 0.338 e. The minimum absolute atomic E-state index is 0.150. The molecule has 0 saturated carbocycles. The van der Waals surface area contributed by atoms with Gasteiger partial charge in [-0.05, 0) is 29.9 Å². The molecule has 3 nitrogen and oxygen atoms in total. The first-order chi connectivity index (χ1) is 7.65. The highest BCUT2D eigenvalue weighted by atomic mass is 32.2. The number of hydrogen-bond donors (Lipinski definition) is 2. The van der Waals surface area contributed by atoms with E-state index in [0.29, 0.717) is 12.2 Å². The molecule has 0 unspecified atom stereocenters. The number of carbonyl (C=O) groups is 1. The highest BCUT2D eigenvalue weighted by Gasteiger charge is 2.10. The number of aliphatic hydroxyl groups is 1. The molecule has 0 amide bonds. The van der Waals surface area contributed by atoms with E-state index in [1.54, 1.807) is 17.8 Å². The summed E-state index contributed by atoms with van der Waals surface area (Å²) in [6, 6.07) is 4.10. The molecule has 5 heteroatoms. The number of carboxylic acids is 1. The van der Waals surface area contributed by atoms with Crippen molar-refractivity contribution >= 4 is 17.7 Å². The number of thioether (sulfide) groups is 1. The van der Waals surface area contributed by atoms with Gasteiger partial charge >= 0.3 is 5.97 Å². The van der Waals surface area contributed by atoms with Gasteiger partial charge in [0.2, 0.25) is 0 Å². The van der Waals surface area contributed by atoms with Gasteiger partial charge in [-0.1, -0.05) is 6.07 Å². The maximum absolute atomic E-state index is 13.0. The zero-order valence-corrected chi connectivity index (χ0v) is 9.47. The van der Waals surface area contributed by atoms with Crippen molar-refractivity contribution in [2.75, 3.05) is 12.4 Å². The summed E-state index contributed by atoms with van der Waals surface area (Å²) in [5.74, 6) is -0.534. The molecular formula is C11H13FO3S. The van der Waals surface area contributed by atoms with Crippen molar-refractivity contribution in [3.63, 3.8) is 0 Å². The van der Waals surface area contributed by atoms with Gasteiger partial charge in [0.05, 0.1) is 5.56 Å². The van der Waals surface area contributed by atoms with E-state index in [2.05, 4.69) is 0 Å². The van der Waals surface area contributed by atoms with Crippen LogP contribution in [0.15, 0.2) is 18.2 Å². The quantitative estimate of drug-likeness (QED) is 0.753. The topological polar surface area (TPSA) is 57.5 Å². The zero-order valence-electron chi connectivity index (χ0n) is 8.65. The van der Waals surface area contributed by atoms with Crippen molar-refractivity contribution in [2.45, 2.75) is 12.2 Å². The average molecular weight is 244 g/mol. The van der Waals surface area contributed by atoms with Crippen LogP contribution in [0.25, 0.3) is 0 Å². The van der Waals surface area contributed by atoms with Gasteiger partial charge in [0.1, 0.15) is 5.82 Å². The molecule has 88 valence electrons. The second-order valence-electron chi connectivity index (χ2n) is 3.25. The van der Waals surface area contributed by atoms with Crippen LogP contribution in [0.5, 0.6) is 0 Å². The Morgan fingerprint density at radius 1 is 1.44 bits per heavy atom. The molecule has 0 aromatic heterocycles. The molecule has 1 aromatic rings. The van der Waals surface area contributed by atoms with E-state index in [0.717, 1.165) is 11.3 Å². The van der Waals surface area contributed by atoms with Crippen molar-refractivity contribution in [1.82, 2.24) is 0 Å². The Kier molecular flexibility index (Phi) is 5.28. The van der Waals surface area contributed by atoms with E-state index in [-0.39, 0.29) is 12.2 Å². The van der Waals surface area contributed by atoms with E-state index in [9.17, 15) is 9.18 Å². The van der Waals surface area contributed by atoms with Gasteiger partial charge in [-0.3, -0.25) is 0 Å². The van der Waals surface area contributed by atoms with Gasteiger partial charge in [0, 0.05) is 12.4 Å². The fraction of sp³-hybridized carbons (Fsp3) is 0.364. The third-order valence-electron chi connectivity index (χ3n) is 1.98. The predicted octanol–water partition coefficient (Wildman–Crippen LogP) is 2.14. The van der Waals surface area contributed by atoms with Crippen molar-refractivity contribution < 1.29 is 19.4 Å². The van der Waals surface area contributed by atoms with Crippen LogP contribution < -0.4 is 0 Å². The van der Waals surface area contributed by atoms with Crippen LogP contribution in [0.1, 0.15) is 22.3 Å². The predicted molar refractivity (Wildman–Crippen MR) is 61.2 cm³/mol. The molecule has 0 bridgehead atoms. The maximum Gasteiger partial charge on any atom is 0.338 e. The maximum atomic E-state index is 13.0. The second-order valence-corrected chi connectivity index (χ2v) is 4.35. The largest absolute Gasteiger partial charge is 0.478 e. The molecule has 1 aromatic carbocycles. The number of aliphatic hydroxyl groups excluding tert-OH is 1. The van der Waals surface area contributed by atoms with Crippen LogP contribution in [0.3, 0.4) is 0 Å². The molecule has 0 atom stereocenters. The van der Waals surface area contributed by atoms with Crippen LogP contribution in [0.2, 0.25) is 0 Å². The SMILES string of the molecule is O=C(O)c1cc(CSCCCO)ccc1F. The zero-order chi connectivity index (χ0) is 12.0. The van der Waals surface area contributed by atoms with Crippen molar-refractivity contribution in [3.05, 3.63) is 35.1 Å². The monoisotopic (exact) mass is 244 g/mol. The molecule has 0 aliphatic carbocycles. The second kappa shape index (κ2) is 6.50. The summed E-state index contributed by atoms with van der Waals surface area (Å²) < 4.78 is 13.0. The summed E-state index contributed by atoms with van der Waals surface area (Å²) in [5.41, 5.74) is 0.488. The lowest BCUT2D eigenvalue weighted by Gasteiger charge is -2.03. The molecule has 2 N–H and O–H groups in total.